The predicted molar refractivity (Wildman–Crippen MR) is 83.7 cm³/mol. The minimum atomic E-state index is -1.28. The Morgan fingerprint density at radius 1 is 0.882 bits per heavy atom. The monoisotopic (exact) mass is 260 g/mol. The van der Waals surface area contributed by atoms with Gasteiger partial charge in [-0.2, -0.15) is 0 Å². The van der Waals surface area contributed by atoms with Crippen molar-refractivity contribution in [3.8, 4) is 11.5 Å². The van der Waals surface area contributed by atoms with Gasteiger partial charge in [-0.15, -0.1) is 11.5 Å². The first-order chi connectivity index (χ1) is 7.70. The van der Waals surface area contributed by atoms with Crippen molar-refractivity contribution >= 4 is 16.1 Å². The summed E-state index contributed by atoms with van der Waals surface area (Å²) >= 11 is 0. The van der Waals surface area contributed by atoms with Crippen molar-refractivity contribution in [3.63, 3.8) is 0 Å². The fraction of sp³-hybridized carbons (Fsp3) is 0.467. The Hall–Kier alpha value is -0.786. The molecule has 0 aliphatic carbocycles. The van der Waals surface area contributed by atoms with Gasteiger partial charge in [0.25, 0.3) is 0 Å². The predicted octanol–water partition coefficient (Wildman–Crippen LogP) is 4.53. The van der Waals surface area contributed by atoms with E-state index in [9.17, 15) is 0 Å². The molecular formula is C15H24Si2. The van der Waals surface area contributed by atoms with Gasteiger partial charge in [-0.05, 0) is 5.56 Å². The number of hydrogen-bond donors (Lipinski definition) is 0. The second-order valence-electron chi connectivity index (χ2n) is 6.73. The molecule has 0 heterocycles. The van der Waals surface area contributed by atoms with E-state index >= 15 is 0 Å². The van der Waals surface area contributed by atoms with Gasteiger partial charge in [-0.3, -0.25) is 0 Å². The van der Waals surface area contributed by atoms with Crippen LogP contribution in [0.4, 0.5) is 0 Å². The summed E-state index contributed by atoms with van der Waals surface area (Å²) in [5.74, 6) is 3.59. The highest BCUT2D eigenvalue weighted by molar-refractivity contribution is 6.84. The lowest BCUT2D eigenvalue weighted by Gasteiger charge is -2.25. The van der Waals surface area contributed by atoms with Gasteiger partial charge >= 0.3 is 0 Å². The lowest BCUT2D eigenvalue weighted by Crippen LogP contribution is -2.30. The van der Waals surface area contributed by atoms with Crippen LogP contribution in [0.25, 0.3) is 0 Å². The molecule has 0 saturated carbocycles. The molecule has 0 saturated heterocycles. The fourth-order valence-corrected chi connectivity index (χ4v) is 4.15. The van der Waals surface area contributed by atoms with Crippen molar-refractivity contribution in [2.45, 2.75) is 44.8 Å². The fourth-order valence-electron chi connectivity index (χ4n) is 1.73. The normalized spacial score (nSPS) is 13.8. The molecule has 0 radical (unpaired) electrons. The average molecular weight is 261 g/mol. The second kappa shape index (κ2) is 5.24. The first kappa shape index (κ1) is 14.3. The summed E-state index contributed by atoms with van der Waals surface area (Å²) < 4.78 is 0. The Labute approximate surface area is 108 Å². The zero-order valence-corrected chi connectivity index (χ0v) is 14.0. The van der Waals surface area contributed by atoms with E-state index < -0.39 is 16.1 Å². The number of hydrogen-bond acceptors (Lipinski definition) is 0. The highest BCUT2D eigenvalue weighted by atomic mass is 28.3. The molecule has 1 unspecified atom stereocenters. The third kappa shape index (κ3) is 4.93. The largest absolute Gasteiger partial charge is 0.132 e. The molecule has 0 nitrogen and oxygen atoms in total. The molecule has 0 aromatic heterocycles. The van der Waals surface area contributed by atoms with E-state index in [1.54, 1.807) is 0 Å². The SMILES string of the molecule is C[Si](C)(C)C#CC(c1ccccc1)[Si](C)(C)C. The van der Waals surface area contributed by atoms with Crippen molar-refractivity contribution in [1.82, 2.24) is 0 Å². The highest BCUT2D eigenvalue weighted by Crippen LogP contribution is 2.26. The van der Waals surface area contributed by atoms with E-state index in [2.05, 4.69) is 81.1 Å². The molecule has 1 rings (SSSR count). The Balaban J connectivity index is 3.10. The van der Waals surface area contributed by atoms with Crippen molar-refractivity contribution in [2.75, 3.05) is 0 Å². The number of rotatable bonds is 2. The molecule has 2 heteroatoms. The lowest BCUT2D eigenvalue weighted by molar-refractivity contribution is 1.18. The van der Waals surface area contributed by atoms with Crippen LogP contribution in [0.15, 0.2) is 30.3 Å². The van der Waals surface area contributed by atoms with Gasteiger partial charge in [0.05, 0.1) is 8.07 Å². The third-order valence-corrected chi connectivity index (χ3v) is 5.69. The van der Waals surface area contributed by atoms with E-state index in [1.165, 1.54) is 5.56 Å². The van der Waals surface area contributed by atoms with Gasteiger partial charge < -0.3 is 0 Å². The second-order valence-corrected chi connectivity index (χ2v) is 16.8. The molecule has 0 aliphatic rings. The molecule has 0 N–H and O–H groups in total. The van der Waals surface area contributed by atoms with Gasteiger partial charge in [0.1, 0.15) is 8.07 Å². The molecule has 0 spiro atoms. The Morgan fingerprint density at radius 2 is 1.41 bits per heavy atom. The lowest BCUT2D eigenvalue weighted by atomic mass is 10.1. The first-order valence-electron chi connectivity index (χ1n) is 6.28. The molecule has 0 bridgehead atoms. The van der Waals surface area contributed by atoms with E-state index in [1.807, 2.05) is 0 Å². The standard InChI is InChI=1S/C15H24Si2/c1-16(2,3)13-12-15(17(4,5)6)14-10-8-7-9-11-14/h7-11,15H,1-6H3. The summed E-state index contributed by atoms with van der Waals surface area (Å²) in [6.07, 6.45) is 0. The van der Waals surface area contributed by atoms with Crippen LogP contribution >= 0.6 is 0 Å². The van der Waals surface area contributed by atoms with Crippen LogP contribution in [0.3, 0.4) is 0 Å². The van der Waals surface area contributed by atoms with Crippen LogP contribution in [-0.4, -0.2) is 16.1 Å². The molecular weight excluding hydrogens is 236 g/mol. The van der Waals surface area contributed by atoms with Crippen LogP contribution in [0.1, 0.15) is 11.1 Å². The average Bonchev–Trinajstić information content (AvgIpc) is 2.15. The van der Waals surface area contributed by atoms with Crippen molar-refractivity contribution in [1.29, 1.82) is 0 Å². The zero-order chi connectivity index (χ0) is 13.1. The van der Waals surface area contributed by atoms with Gasteiger partial charge in [0.15, 0.2) is 0 Å². The van der Waals surface area contributed by atoms with E-state index in [0.717, 1.165) is 0 Å². The van der Waals surface area contributed by atoms with E-state index in [-0.39, 0.29) is 0 Å². The minimum Gasteiger partial charge on any atom is -0.132 e. The number of benzene rings is 1. The Bertz CT molecular complexity index is 410. The van der Waals surface area contributed by atoms with E-state index in [0.29, 0.717) is 5.54 Å². The maximum absolute atomic E-state index is 3.59. The summed E-state index contributed by atoms with van der Waals surface area (Å²) in [7, 11) is -2.55. The van der Waals surface area contributed by atoms with Crippen molar-refractivity contribution in [3.05, 3.63) is 35.9 Å². The summed E-state index contributed by atoms with van der Waals surface area (Å²) in [4.78, 5) is 0. The molecule has 1 aromatic rings. The Morgan fingerprint density at radius 3 is 1.82 bits per heavy atom. The van der Waals surface area contributed by atoms with Gasteiger partial charge in [-0.1, -0.05) is 69.6 Å². The van der Waals surface area contributed by atoms with Gasteiger partial charge in [-0.25, -0.2) is 0 Å². The van der Waals surface area contributed by atoms with Crippen LogP contribution in [-0.2, 0) is 0 Å². The summed E-state index contributed by atoms with van der Waals surface area (Å²) in [6, 6.07) is 10.8. The molecule has 0 aliphatic heterocycles. The zero-order valence-electron chi connectivity index (χ0n) is 12.0. The van der Waals surface area contributed by atoms with Gasteiger partial charge in [0.2, 0.25) is 0 Å². The maximum atomic E-state index is 3.59. The molecule has 1 aromatic carbocycles. The third-order valence-electron chi connectivity index (χ3n) is 2.59. The summed E-state index contributed by atoms with van der Waals surface area (Å²) in [6.45, 7) is 14.2. The van der Waals surface area contributed by atoms with Gasteiger partial charge in [0, 0.05) is 5.54 Å². The maximum Gasteiger partial charge on any atom is 0.129 e. The van der Waals surface area contributed by atoms with Crippen molar-refractivity contribution < 1.29 is 0 Å². The van der Waals surface area contributed by atoms with Crippen LogP contribution in [0, 0.1) is 11.5 Å². The molecule has 0 amide bonds. The van der Waals surface area contributed by atoms with Crippen LogP contribution in [0.2, 0.25) is 39.3 Å². The molecule has 0 fully saturated rings. The molecule has 17 heavy (non-hydrogen) atoms. The topological polar surface area (TPSA) is 0 Å². The smallest absolute Gasteiger partial charge is 0.129 e. The highest BCUT2D eigenvalue weighted by Gasteiger charge is 2.26. The molecule has 1 atom stereocenters. The first-order valence-corrected chi connectivity index (χ1v) is 13.4. The van der Waals surface area contributed by atoms with E-state index in [4.69, 9.17) is 0 Å². The summed E-state index contributed by atoms with van der Waals surface area (Å²) in [5.41, 5.74) is 5.42. The molecule has 92 valence electrons. The van der Waals surface area contributed by atoms with Crippen LogP contribution < -0.4 is 0 Å². The quantitative estimate of drug-likeness (QED) is 0.541. The Kier molecular flexibility index (Phi) is 4.40. The van der Waals surface area contributed by atoms with Crippen molar-refractivity contribution in [2.24, 2.45) is 0 Å². The van der Waals surface area contributed by atoms with Crippen LogP contribution in [0.5, 0.6) is 0 Å². The minimum absolute atomic E-state index is 0.468. The summed E-state index contributed by atoms with van der Waals surface area (Å²) in [5, 5.41) is 0.